The zero-order valence-corrected chi connectivity index (χ0v) is 4.98. The lowest BCUT2D eigenvalue weighted by Crippen LogP contribution is -1.94. The maximum Gasteiger partial charge on any atom is 0.0550 e. The lowest BCUT2D eigenvalue weighted by Gasteiger charge is -1.94. The fraction of sp³-hybridized carbons (Fsp3) is 1.00. The highest BCUT2D eigenvalue weighted by atomic mass is 16.5. The molecule has 0 saturated carbocycles. The normalized spacial score (nSPS) is 42.0. The second-order valence-electron chi connectivity index (χ2n) is 2.48. The molecular weight excluding hydrogens is 88.1 g/mol. The van der Waals surface area contributed by atoms with Gasteiger partial charge in [0.1, 0.15) is 0 Å². The molecule has 1 unspecified atom stereocenters. The highest BCUT2D eigenvalue weighted by Crippen LogP contribution is 2.16. The summed E-state index contributed by atoms with van der Waals surface area (Å²) >= 11 is 0. The molecule has 0 N–H and O–H groups in total. The predicted octanol–water partition coefficient (Wildman–Crippen LogP) is 1.43. The fourth-order valence-corrected chi connectivity index (χ4v) is 1.03. The second kappa shape index (κ2) is 1.83. The van der Waals surface area contributed by atoms with Crippen LogP contribution < -0.4 is 0 Å². The van der Waals surface area contributed by atoms with E-state index in [9.17, 15) is 0 Å². The van der Waals surface area contributed by atoms with Crippen molar-refractivity contribution in [3.63, 3.8) is 0 Å². The van der Waals surface area contributed by atoms with Crippen LogP contribution in [-0.2, 0) is 4.74 Å². The van der Waals surface area contributed by atoms with Crippen LogP contribution >= 0.6 is 0 Å². The molecule has 7 heavy (non-hydrogen) atoms. The van der Waals surface area contributed by atoms with Gasteiger partial charge in [-0.05, 0) is 19.3 Å². The van der Waals surface area contributed by atoms with E-state index in [4.69, 9.17) is 4.74 Å². The van der Waals surface area contributed by atoms with Crippen molar-refractivity contribution in [3.8, 4) is 0 Å². The Hall–Kier alpha value is -0.0400. The summed E-state index contributed by atoms with van der Waals surface area (Å²) in [5.41, 5.74) is 0. The maximum absolute atomic E-state index is 5.27. The van der Waals surface area contributed by atoms with Crippen LogP contribution in [0.3, 0.4) is 0 Å². The molecule has 0 aromatic rings. The van der Waals surface area contributed by atoms with Crippen molar-refractivity contribution in [1.82, 2.24) is 0 Å². The highest BCUT2D eigenvalue weighted by Gasteiger charge is 2.16. The zero-order valence-electron chi connectivity index (χ0n) is 4.98. The molecule has 1 rings (SSSR count). The standard InChI is InChI=1S/C6H12O/c1-5-3-6(2)7-4-5/h5-6H,3-4H2,1-2H3/t5-,6?/m0/s1. The Morgan fingerprint density at radius 2 is 2.14 bits per heavy atom. The molecule has 1 saturated heterocycles. The van der Waals surface area contributed by atoms with E-state index < -0.39 is 0 Å². The van der Waals surface area contributed by atoms with Gasteiger partial charge in [0.15, 0.2) is 0 Å². The van der Waals surface area contributed by atoms with E-state index >= 15 is 0 Å². The molecular formula is C6H12O. The Morgan fingerprint density at radius 3 is 2.29 bits per heavy atom. The summed E-state index contributed by atoms with van der Waals surface area (Å²) in [6.45, 7) is 5.33. The lowest BCUT2D eigenvalue weighted by atomic mass is 10.1. The van der Waals surface area contributed by atoms with E-state index in [2.05, 4.69) is 13.8 Å². The Kier molecular flexibility index (Phi) is 1.33. The molecule has 0 bridgehead atoms. The molecule has 42 valence electrons. The van der Waals surface area contributed by atoms with Crippen LogP contribution in [0.15, 0.2) is 0 Å². The summed E-state index contributed by atoms with van der Waals surface area (Å²) in [4.78, 5) is 0. The molecule has 0 spiro atoms. The third-order valence-electron chi connectivity index (χ3n) is 1.40. The molecule has 2 atom stereocenters. The van der Waals surface area contributed by atoms with Gasteiger partial charge in [0, 0.05) is 6.61 Å². The van der Waals surface area contributed by atoms with E-state index in [-0.39, 0.29) is 0 Å². The molecule has 1 aliphatic heterocycles. The Balaban J connectivity index is 2.26. The molecule has 0 aromatic carbocycles. The highest BCUT2D eigenvalue weighted by molar-refractivity contribution is 4.64. The van der Waals surface area contributed by atoms with E-state index in [0.29, 0.717) is 6.10 Å². The summed E-state index contributed by atoms with van der Waals surface area (Å²) in [6, 6.07) is 0. The van der Waals surface area contributed by atoms with E-state index in [0.717, 1.165) is 12.5 Å². The minimum absolute atomic E-state index is 0.523. The van der Waals surface area contributed by atoms with Gasteiger partial charge in [-0.2, -0.15) is 0 Å². The van der Waals surface area contributed by atoms with Crippen LogP contribution in [0.25, 0.3) is 0 Å². The summed E-state index contributed by atoms with van der Waals surface area (Å²) in [6.07, 6.45) is 1.77. The average Bonchev–Trinajstić information content (AvgIpc) is 1.87. The van der Waals surface area contributed by atoms with Gasteiger partial charge in [0.05, 0.1) is 6.10 Å². The summed E-state index contributed by atoms with van der Waals surface area (Å²) in [7, 11) is 0. The number of hydrogen-bond acceptors (Lipinski definition) is 1. The molecule has 0 aliphatic carbocycles. The van der Waals surface area contributed by atoms with Gasteiger partial charge in [-0.3, -0.25) is 0 Å². The zero-order chi connectivity index (χ0) is 5.28. The molecule has 0 radical (unpaired) electrons. The first-order valence-corrected chi connectivity index (χ1v) is 2.90. The van der Waals surface area contributed by atoms with Gasteiger partial charge in [-0.25, -0.2) is 0 Å². The van der Waals surface area contributed by atoms with Crippen molar-refractivity contribution in [2.45, 2.75) is 26.4 Å². The topological polar surface area (TPSA) is 9.23 Å². The average molecular weight is 100 g/mol. The minimum Gasteiger partial charge on any atom is -0.378 e. The largest absolute Gasteiger partial charge is 0.378 e. The van der Waals surface area contributed by atoms with E-state index in [1.54, 1.807) is 0 Å². The number of hydrogen-bond donors (Lipinski definition) is 0. The third kappa shape index (κ3) is 1.16. The van der Waals surface area contributed by atoms with Crippen LogP contribution in [-0.4, -0.2) is 12.7 Å². The number of ether oxygens (including phenoxy) is 1. The van der Waals surface area contributed by atoms with Crippen molar-refractivity contribution < 1.29 is 4.74 Å². The van der Waals surface area contributed by atoms with Crippen LogP contribution in [0, 0.1) is 5.92 Å². The summed E-state index contributed by atoms with van der Waals surface area (Å²) in [5, 5.41) is 0. The smallest absolute Gasteiger partial charge is 0.0550 e. The van der Waals surface area contributed by atoms with Gasteiger partial charge in [-0.15, -0.1) is 0 Å². The molecule has 1 heterocycles. The molecule has 1 heteroatoms. The van der Waals surface area contributed by atoms with Crippen molar-refractivity contribution in [3.05, 3.63) is 0 Å². The summed E-state index contributed by atoms with van der Waals surface area (Å²) in [5.74, 6) is 0.801. The van der Waals surface area contributed by atoms with E-state index in [1.165, 1.54) is 6.42 Å². The first-order chi connectivity index (χ1) is 3.29. The van der Waals surface area contributed by atoms with Crippen molar-refractivity contribution in [2.75, 3.05) is 6.61 Å². The number of rotatable bonds is 0. The van der Waals surface area contributed by atoms with Gasteiger partial charge in [0.25, 0.3) is 0 Å². The van der Waals surface area contributed by atoms with Crippen LogP contribution in [0.4, 0.5) is 0 Å². The summed E-state index contributed by atoms with van der Waals surface area (Å²) < 4.78 is 5.27. The first kappa shape index (κ1) is 5.10. The molecule has 0 amide bonds. The first-order valence-electron chi connectivity index (χ1n) is 2.90. The van der Waals surface area contributed by atoms with E-state index in [1.807, 2.05) is 0 Å². The van der Waals surface area contributed by atoms with Crippen LogP contribution in [0.2, 0.25) is 0 Å². The molecule has 1 nitrogen and oxygen atoms in total. The maximum atomic E-state index is 5.27. The van der Waals surface area contributed by atoms with Gasteiger partial charge < -0.3 is 4.74 Å². The Labute approximate surface area is 44.7 Å². The van der Waals surface area contributed by atoms with Crippen LogP contribution in [0.5, 0.6) is 0 Å². The second-order valence-corrected chi connectivity index (χ2v) is 2.48. The van der Waals surface area contributed by atoms with Crippen molar-refractivity contribution in [1.29, 1.82) is 0 Å². The van der Waals surface area contributed by atoms with Crippen LogP contribution in [0.1, 0.15) is 20.3 Å². The van der Waals surface area contributed by atoms with Gasteiger partial charge in [0.2, 0.25) is 0 Å². The molecule has 1 aliphatic rings. The SMILES string of the molecule is CC1C[C@H](C)CO1. The van der Waals surface area contributed by atoms with Crippen molar-refractivity contribution >= 4 is 0 Å². The quantitative estimate of drug-likeness (QED) is 0.447. The van der Waals surface area contributed by atoms with Gasteiger partial charge >= 0.3 is 0 Å². The fourth-order valence-electron chi connectivity index (χ4n) is 1.03. The minimum atomic E-state index is 0.523. The third-order valence-corrected chi connectivity index (χ3v) is 1.40. The monoisotopic (exact) mass is 100 g/mol. The molecule has 0 aromatic heterocycles. The molecule has 1 fully saturated rings. The Bertz CT molecular complexity index is 53.2. The van der Waals surface area contributed by atoms with Gasteiger partial charge in [-0.1, -0.05) is 6.92 Å². The Morgan fingerprint density at radius 1 is 1.43 bits per heavy atom. The lowest BCUT2D eigenvalue weighted by molar-refractivity contribution is 0.121. The predicted molar refractivity (Wildman–Crippen MR) is 29.2 cm³/mol. The van der Waals surface area contributed by atoms with Crippen molar-refractivity contribution in [2.24, 2.45) is 5.92 Å².